The van der Waals surface area contributed by atoms with Crippen LogP contribution in [0.25, 0.3) is 6.08 Å². The molecule has 0 aliphatic carbocycles. The topological polar surface area (TPSA) is 91.4 Å². The molecule has 0 aliphatic rings. The number of halogens is 3. The number of ether oxygens (including phenoxy) is 1. The first-order valence-electron chi connectivity index (χ1n) is 8.34. The van der Waals surface area contributed by atoms with Crippen LogP contribution in [0.15, 0.2) is 36.4 Å². The number of non-ortho nitro benzene ring substituents is 1. The summed E-state index contributed by atoms with van der Waals surface area (Å²) in [6.45, 7) is 0.970. The number of aryl methyl sites for hydroxylation is 1. The van der Waals surface area contributed by atoms with Crippen LogP contribution in [0.5, 0.6) is 0 Å². The Hall–Kier alpha value is -3.43. The van der Waals surface area contributed by atoms with Crippen LogP contribution >= 0.6 is 0 Å². The third-order valence-corrected chi connectivity index (χ3v) is 4.05. The fourth-order valence-corrected chi connectivity index (χ4v) is 2.67. The Labute approximate surface area is 163 Å². The Morgan fingerprint density at radius 3 is 2.55 bits per heavy atom. The number of carbonyl (C=O) groups excluding carboxylic acids is 2. The van der Waals surface area contributed by atoms with E-state index in [1.165, 1.54) is 50.3 Å². The minimum absolute atomic E-state index is 0.0437. The highest BCUT2D eigenvalue weighted by Gasteiger charge is 2.30. The SMILES string of the molecule is Cc1cc(C(=O)COC(=O)/C=C/c2cccc([N+](=O)[O-])c2)c(C)n1CC(F)(F)F. The lowest BCUT2D eigenvalue weighted by Crippen LogP contribution is -2.20. The summed E-state index contributed by atoms with van der Waals surface area (Å²) in [5.41, 5.74) is 0.679. The van der Waals surface area contributed by atoms with Gasteiger partial charge in [0.05, 0.1) is 4.92 Å². The van der Waals surface area contributed by atoms with Crippen molar-refractivity contribution in [3.05, 3.63) is 69.0 Å². The van der Waals surface area contributed by atoms with Gasteiger partial charge in [-0.05, 0) is 31.6 Å². The molecule has 1 heterocycles. The molecule has 7 nitrogen and oxygen atoms in total. The molecular formula is C19H17F3N2O5. The van der Waals surface area contributed by atoms with Crippen molar-refractivity contribution in [2.45, 2.75) is 26.6 Å². The third-order valence-electron chi connectivity index (χ3n) is 4.05. The van der Waals surface area contributed by atoms with Crippen LogP contribution in [-0.4, -0.2) is 34.0 Å². The average molecular weight is 410 g/mol. The van der Waals surface area contributed by atoms with Crippen molar-refractivity contribution in [1.29, 1.82) is 0 Å². The lowest BCUT2D eigenvalue weighted by molar-refractivity contribution is -0.384. The normalized spacial score (nSPS) is 11.6. The highest BCUT2D eigenvalue weighted by molar-refractivity contribution is 6.00. The van der Waals surface area contributed by atoms with Gasteiger partial charge in [-0.2, -0.15) is 13.2 Å². The van der Waals surface area contributed by atoms with Gasteiger partial charge in [-0.25, -0.2) is 4.79 Å². The molecule has 2 rings (SSSR count). The number of nitro benzene ring substituents is 1. The fourth-order valence-electron chi connectivity index (χ4n) is 2.67. The zero-order valence-electron chi connectivity index (χ0n) is 15.5. The van der Waals surface area contributed by atoms with Crippen molar-refractivity contribution in [1.82, 2.24) is 4.57 Å². The minimum atomic E-state index is -4.43. The van der Waals surface area contributed by atoms with Gasteiger partial charge >= 0.3 is 12.1 Å². The molecule has 0 saturated carbocycles. The average Bonchev–Trinajstić information content (AvgIpc) is 2.91. The first kappa shape index (κ1) is 21.9. The number of ketones is 1. The van der Waals surface area contributed by atoms with Gasteiger partial charge in [0.25, 0.3) is 5.69 Å². The van der Waals surface area contributed by atoms with E-state index >= 15 is 0 Å². The van der Waals surface area contributed by atoms with Crippen LogP contribution in [0, 0.1) is 24.0 Å². The number of carbonyl (C=O) groups is 2. The zero-order valence-corrected chi connectivity index (χ0v) is 15.5. The van der Waals surface area contributed by atoms with E-state index in [1.54, 1.807) is 0 Å². The molecule has 0 amide bonds. The van der Waals surface area contributed by atoms with Crippen molar-refractivity contribution in [3.8, 4) is 0 Å². The summed E-state index contributed by atoms with van der Waals surface area (Å²) >= 11 is 0. The molecule has 10 heteroatoms. The zero-order chi connectivity index (χ0) is 21.8. The van der Waals surface area contributed by atoms with E-state index in [2.05, 4.69) is 0 Å². The molecule has 29 heavy (non-hydrogen) atoms. The van der Waals surface area contributed by atoms with Gasteiger partial charge in [0.15, 0.2) is 6.61 Å². The molecule has 0 fully saturated rings. The summed E-state index contributed by atoms with van der Waals surface area (Å²) in [4.78, 5) is 34.1. The monoisotopic (exact) mass is 410 g/mol. The van der Waals surface area contributed by atoms with Crippen LogP contribution in [0.2, 0.25) is 0 Å². The molecule has 0 spiro atoms. The van der Waals surface area contributed by atoms with Gasteiger partial charge in [-0.1, -0.05) is 12.1 Å². The van der Waals surface area contributed by atoms with Gasteiger partial charge in [-0.15, -0.1) is 0 Å². The Balaban J connectivity index is 2.00. The molecule has 0 unspecified atom stereocenters. The molecule has 1 aromatic carbocycles. The number of Topliss-reactive ketones (excluding diaryl/α,β-unsaturated/α-hetero) is 1. The largest absolute Gasteiger partial charge is 0.454 e. The molecule has 2 aromatic rings. The minimum Gasteiger partial charge on any atom is -0.454 e. The number of benzene rings is 1. The van der Waals surface area contributed by atoms with E-state index in [1.807, 2.05) is 0 Å². The van der Waals surface area contributed by atoms with E-state index in [0.29, 0.717) is 5.56 Å². The first-order valence-corrected chi connectivity index (χ1v) is 8.34. The standard InChI is InChI=1S/C19H17F3N2O5/c1-12-8-16(13(2)23(12)11-19(20,21)22)17(25)10-29-18(26)7-6-14-4-3-5-15(9-14)24(27)28/h3-9H,10-11H2,1-2H3/b7-6+. The van der Waals surface area contributed by atoms with E-state index in [9.17, 15) is 32.9 Å². The predicted octanol–water partition coefficient (Wildman–Crippen LogP) is 4.01. The predicted molar refractivity (Wildman–Crippen MR) is 97.4 cm³/mol. The van der Waals surface area contributed by atoms with E-state index in [-0.39, 0.29) is 22.6 Å². The molecule has 0 aliphatic heterocycles. The summed E-state index contributed by atoms with van der Waals surface area (Å²) in [5, 5.41) is 10.7. The summed E-state index contributed by atoms with van der Waals surface area (Å²) in [5.74, 6) is -1.50. The third kappa shape index (κ3) is 6.03. The highest BCUT2D eigenvalue weighted by atomic mass is 19.4. The number of esters is 1. The maximum Gasteiger partial charge on any atom is 0.406 e. The van der Waals surface area contributed by atoms with E-state index in [0.717, 1.165) is 10.6 Å². The highest BCUT2D eigenvalue weighted by Crippen LogP contribution is 2.23. The van der Waals surface area contributed by atoms with Crippen LogP contribution < -0.4 is 0 Å². The maximum atomic E-state index is 12.6. The summed E-state index contributed by atoms with van der Waals surface area (Å²) < 4.78 is 43.7. The Bertz CT molecular complexity index is 977. The number of alkyl halides is 3. The number of nitrogens with zero attached hydrogens (tertiary/aromatic N) is 2. The van der Waals surface area contributed by atoms with Crippen molar-refractivity contribution in [3.63, 3.8) is 0 Å². The molecule has 1 aromatic heterocycles. The summed E-state index contributed by atoms with van der Waals surface area (Å²) in [6.07, 6.45) is -2.15. The van der Waals surface area contributed by atoms with Gasteiger partial charge in [0, 0.05) is 35.2 Å². The molecule has 0 atom stereocenters. The first-order chi connectivity index (χ1) is 13.5. The van der Waals surface area contributed by atoms with Crippen LogP contribution in [0.4, 0.5) is 18.9 Å². The Morgan fingerprint density at radius 2 is 1.93 bits per heavy atom. The molecule has 154 valence electrons. The Morgan fingerprint density at radius 1 is 1.24 bits per heavy atom. The number of aromatic nitrogens is 1. The number of rotatable bonds is 7. The van der Waals surface area contributed by atoms with Crippen molar-refractivity contribution >= 4 is 23.5 Å². The van der Waals surface area contributed by atoms with Crippen LogP contribution in [0.1, 0.15) is 27.3 Å². The van der Waals surface area contributed by atoms with Gasteiger partial charge in [-0.3, -0.25) is 14.9 Å². The Kier molecular flexibility index (Phi) is 6.57. The van der Waals surface area contributed by atoms with E-state index in [4.69, 9.17) is 4.74 Å². The van der Waals surface area contributed by atoms with Crippen molar-refractivity contribution < 1.29 is 32.4 Å². The second kappa shape index (κ2) is 8.72. The number of nitro groups is 1. The fraction of sp³-hybridized carbons (Fsp3) is 0.263. The van der Waals surface area contributed by atoms with E-state index < -0.39 is 36.0 Å². The lowest BCUT2D eigenvalue weighted by Gasteiger charge is -2.12. The van der Waals surface area contributed by atoms with Gasteiger partial charge in [0.1, 0.15) is 6.54 Å². The van der Waals surface area contributed by atoms with Gasteiger partial charge in [0.2, 0.25) is 5.78 Å². The van der Waals surface area contributed by atoms with Crippen LogP contribution in [-0.2, 0) is 16.1 Å². The maximum absolute atomic E-state index is 12.6. The van der Waals surface area contributed by atoms with Gasteiger partial charge < -0.3 is 9.30 Å². The lowest BCUT2D eigenvalue weighted by atomic mass is 10.1. The van der Waals surface area contributed by atoms with Crippen molar-refractivity contribution in [2.24, 2.45) is 0 Å². The molecule has 0 radical (unpaired) electrons. The molecule has 0 bridgehead atoms. The number of hydrogen-bond donors (Lipinski definition) is 0. The second-order valence-corrected chi connectivity index (χ2v) is 6.20. The molecule has 0 N–H and O–H groups in total. The quantitative estimate of drug-likeness (QED) is 0.226. The number of hydrogen-bond acceptors (Lipinski definition) is 5. The second-order valence-electron chi connectivity index (χ2n) is 6.20. The summed E-state index contributed by atoms with van der Waals surface area (Å²) in [7, 11) is 0. The molecular weight excluding hydrogens is 393 g/mol. The summed E-state index contributed by atoms with van der Waals surface area (Å²) in [6, 6.07) is 6.85. The van der Waals surface area contributed by atoms with Crippen LogP contribution in [0.3, 0.4) is 0 Å². The van der Waals surface area contributed by atoms with Crippen molar-refractivity contribution in [2.75, 3.05) is 6.61 Å². The molecule has 0 saturated heterocycles. The smallest absolute Gasteiger partial charge is 0.406 e.